The molecule has 0 radical (unpaired) electrons. The Bertz CT molecular complexity index is 449. The van der Waals surface area contributed by atoms with Crippen molar-refractivity contribution in [1.29, 1.82) is 0 Å². The first-order valence-corrected chi connectivity index (χ1v) is 8.75. The number of sulfone groups is 1. The fourth-order valence-corrected chi connectivity index (χ4v) is 3.31. The van der Waals surface area contributed by atoms with Gasteiger partial charge in [-0.15, -0.1) is 0 Å². The Labute approximate surface area is 116 Å². The average Bonchev–Trinajstić information content (AvgIpc) is 2.35. The van der Waals surface area contributed by atoms with Crippen LogP contribution in [0.4, 0.5) is 0 Å². The van der Waals surface area contributed by atoms with Gasteiger partial charge in [-0.1, -0.05) is 24.6 Å². The highest BCUT2D eigenvalue weighted by Crippen LogP contribution is 2.12. The highest BCUT2D eigenvalue weighted by atomic mass is 32.2. The minimum Gasteiger partial charge on any atom is -0.494 e. The van der Waals surface area contributed by atoms with Crippen molar-refractivity contribution in [2.45, 2.75) is 39.5 Å². The van der Waals surface area contributed by atoms with Crippen LogP contribution in [0, 0.1) is 6.92 Å². The monoisotopic (exact) mass is 284 g/mol. The van der Waals surface area contributed by atoms with E-state index in [9.17, 15) is 8.42 Å². The first-order chi connectivity index (χ1) is 9.03. The van der Waals surface area contributed by atoms with E-state index in [1.54, 1.807) is 0 Å². The van der Waals surface area contributed by atoms with Crippen molar-refractivity contribution >= 4 is 9.84 Å². The van der Waals surface area contributed by atoms with E-state index in [1.165, 1.54) is 5.56 Å². The molecule has 1 aromatic rings. The van der Waals surface area contributed by atoms with Gasteiger partial charge in [-0.05, 0) is 44.7 Å². The van der Waals surface area contributed by atoms with Crippen LogP contribution in [0.2, 0.25) is 0 Å². The molecule has 0 aliphatic heterocycles. The second-order valence-corrected chi connectivity index (χ2v) is 7.18. The van der Waals surface area contributed by atoms with Crippen LogP contribution in [0.1, 0.15) is 38.2 Å². The van der Waals surface area contributed by atoms with Gasteiger partial charge >= 0.3 is 0 Å². The highest BCUT2D eigenvalue weighted by Gasteiger charge is 2.08. The third-order valence-corrected chi connectivity index (χ3v) is 4.85. The second-order valence-electron chi connectivity index (χ2n) is 4.87. The zero-order valence-corrected chi connectivity index (χ0v) is 12.7. The standard InChI is InChI=1S/C15H24O3S/c1-3-12-19(16,17)13-6-4-5-11-18-15-9-7-14(2)8-10-15/h7-10H,3-6,11-13H2,1-2H3. The Morgan fingerprint density at radius 3 is 2.32 bits per heavy atom. The molecule has 0 amide bonds. The molecular weight excluding hydrogens is 260 g/mol. The quantitative estimate of drug-likeness (QED) is 0.653. The molecule has 0 aliphatic carbocycles. The molecule has 0 N–H and O–H groups in total. The molecule has 0 aromatic heterocycles. The first-order valence-electron chi connectivity index (χ1n) is 6.93. The van der Waals surface area contributed by atoms with Gasteiger partial charge in [-0.2, -0.15) is 0 Å². The predicted octanol–water partition coefficient (Wildman–Crippen LogP) is 3.37. The molecule has 4 heteroatoms. The number of hydrogen-bond acceptors (Lipinski definition) is 3. The van der Waals surface area contributed by atoms with Crippen LogP contribution in [0.15, 0.2) is 24.3 Å². The summed E-state index contributed by atoms with van der Waals surface area (Å²) in [5.41, 5.74) is 1.22. The summed E-state index contributed by atoms with van der Waals surface area (Å²) in [6.45, 7) is 4.59. The lowest BCUT2D eigenvalue weighted by Crippen LogP contribution is -2.10. The van der Waals surface area contributed by atoms with Crippen molar-refractivity contribution in [2.75, 3.05) is 18.1 Å². The Kier molecular flexibility index (Phi) is 6.92. The van der Waals surface area contributed by atoms with Crippen LogP contribution in [-0.4, -0.2) is 26.5 Å². The first kappa shape index (κ1) is 16.0. The molecule has 0 atom stereocenters. The average molecular weight is 284 g/mol. The lowest BCUT2D eigenvalue weighted by atomic mass is 10.2. The summed E-state index contributed by atoms with van der Waals surface area (Å²) in [4.78, 5) is 0. The van der Waals surface area contributed by atoms with Crippen LogP contribution in [0.25, 0.3) is 0 Å². The van der Waals surface area contributed by atoms with Crippen molar-refractivity contribution in [3.05, 3.63) is 29.8 Å². The van der Waals surface area contributed by atoms with Crippen LogP contribution >= 0.6 is 0 Å². The molecule has 0 bridgehead atoms. The largest absolute Gasteiger partial charge is 0.494 e. The molecule has 0 spiro atoms. The van der Waals surface area contributed by atoms with Crippen LogP contribution < -0.4 is 4.74 Å². The molecule has 0 unspecified atom stereocenters. The zero-order chi connectivity index (χ0) is 14.1. The number of aryl methyl sites for hydroxylation is 1. The maximum Gasteiger partial charge on any atom is 0.150 e. The van der Waals surface area contributed by atoms with E-state index in [4.69, 9.17) is 4.74 Å². The van der Waals surface area contributed by atoms with Gasteiger partial charge in [0.05, 0.1) is 12.4 Å². The predicted molar refractivity (Wildman–Crippen MR) is 79.5 cm³/mol. The minimum absolute atomic E-state index is 0.311. The highest BCUT2D eigenvalue weighted by molar-refractivity contribution is 7.91. The Balaban J connectivity index is 2.10. The van der Waals surface area contributed by atoms with Crippen molar-refractivity contribution in [1.82, 2.24) is 0 Å². The van der Waals surface area contributed by atoms with Gasteiger partial charge in [0.2, 0.25) is 0 Å². The molecule has 1 aromatic carbocycles. The summed E-state index contributed by atoms with van der Waals surface area (Å²) in [7, 11) is -2.82. The van der Waals surface area contributed by atoms with E-state index in [0.29, 0.717) is 24.5 Å². The lowest BCUT2D eigenvalue weighted by Gasteiger charge is -2.06. The number of ether oxygens (including phenoxy) is 1. The maximum absolute atomic E-state index is 11.5. The van der Waals surface area contributed by atoms with Gasteiger partial charge in [-0.25, -0.2) is 8.42 Å². The lowest BCUT2D eigenvalue weighted by molar-refractivity contribution is 0.306. The summed E-state index contributed by atoms with van der Waals surface area (Å²) in [6.07, 6.45) is 3.24. The molecule has 19 heavy (non-hydrogen) atoms. The van der Waals surface area contributed by atoms with Gasteiger partial charge in [0.15, 0.2) is 0 Å². The van der Waals surface area contributed by atoms with Gasteiger partial charge in [-0.3, -0.25) is 0 Å². The molecule has 0 aliphatic rings. The van der Waals surface area contributed by atoms with Crippen molar-refractivity contribution in [3.8, 4) is 5.75 Å². The van der Waals surface area contributed by atoms with Crippen molar-refractivity contribution in [2.24, 2.45) is 0 Å². The van der Waals surface area contributed by atoms with E-state index in [-0.39, 0.29) is 0 Å². The molecule has 0 fully saturated rings. The van der Waals surface area contributed by atoms with Gasteiger partial charge < -0.3 is 4.74 Å². The van der Waals surface area contributed by atoms with E-state index in [1.807, 2.05) is 38.1 Å². The summed E-state index contributed by atoms with van der Waals surface area (Å²) in [5, 5.41) is 0. The molecule has 108 valence electrons. The number of rotatable bonds is 9. The van der Waals surface area contributed by atoms with E-state index < -0.39 is 9.84 Å². The third kappa shape index (κ3) is 7.21. The summed E-state index contributed by atoms with van der Waals surface area (Å²) in [5.74, 6) is 1.50. The normalized spacial score (nSPS) is 11.5. The summed E-state index contributed by atoms with van der Waals surface area (Å²) >= 11 is 0. The maximum atomic E-state index is 11.5. The molecule has 3 nitrogen and oxygen atoms in total. The Morgan fingerprint density at radius 2 is 1.68 bits per heavy atom. The van der Waals surface area contributed by atoms with Crippen LogP contribution in [-0.2, 0) is 9.84 Å². The van der Waals surface area contributed by atoms with Crippen LogP contribution in [0.3, 0.4) is 0 Å². The smallest absolute Gasteiger partial charge is 0.150 e. The van der Waals surface area contributed by atoms with Crippen molar-refractivity contribution in [3.63, 3.8) is 0 Å². The third-order valence-electron chi connectivity index (χ3n) is 2.90. The second kappa shape index (κ2) is 8.20. The fourth-order valence-electron chi connectivity index (χ4n) is 1.84. The zero-order valence-electron chi connectivity index (χ0n) is 11.9. The van der Waals surface area contributed by atoms with Gasteiger partial charge in [0.25, 0.3) is 0 Å². The fraction of sp³-hybridized carbons (Fsp3) is 0.600. The summed E-state index contributed by atoms with van der Waals surface area (Å²) < 4.78 is 28.6. The topological polar surface area (TPSA) is 43.4 Å². The SMILES string of the molecule is CCCS(=O)(=O)CCCCCOc1ccc(C)cc1. The molecule has 1 rings (SSSR count). The summed E-state index contributed by atoms with van der Waals surface area (Å²) in [6, 6.07) is 7.96. The molecule has 0 heterocycles. The molecule has 0 saturated heterocycles. The number of hydrogen-bond donors (Lipinski definition) is 0. The molecular formula is C15H24O3S. The molecule has 0 saturated carbocycles. The van der Waals surface area contributed by atoms with Crippen LogP contribution in [0.5, 0.6) is 5.75 Å². The van der Waals surface area contributed by atoms with Gasteiger partial charge in [0, 0.05) is 5.75 Å². The Morgan fingerprint density at radius 1 is 1.00 bits per heavy atom. The number of unbranched alkanes of at least 4 members (excludes halogenated alkanes) is 2. The van der Waals surface area contributed by atoms with Crippen molar-refractivity contribution < 1.29 is 13.2 Å². The number of benzene rings is 1. The van der Waals surface area contributed by atoms with Gasteiger partial charge in [0.1, 0.15) is 15.6 Å². The Hall–Kier alpha value is -1.03. The van der Waals surface area contributed by atoms with E-state index in [0.717, 1.165) is 25.0 Å². The van der Waals surface area contributed by atoms with E-state index >= 15 is 0 Å². The van der Waals surface area contributed by atoms with E-state index in [2.05, 4.69) is 0 Å². The minimum atomic E-state index is -2.82.